The lowest BCUT2D eigenvalue weighted by molar-refractivity contribution is -0.164. The number of amides is 1. The van der Waals surface area contributed by atoms with Gasteiger partial charge in [-0.1, -0.05) is 198 Å². The van der Waals surface area contributed by atoms with Crippen molar-refractivity contribution in [1.82, 2.24) is 4.90 Å². The Morgan fingerprint density at radius 2 is 1.04 bits per heavy atom. The maximum Gasteiger partial charge on any atom is 0.410 e. The standard InChI is InChI=1S/C48H77NO4.2C2H6/c1-3-5-7-9-11-13-15-17-19-21-23-25-27-29-34-38-45-46(39-35-30-28-26-24-22-20-18-16-14-12-10-8-6-4-2)53-48(52-45)40-41-49(43-48)47(50)51-42-44-36-32-31-33-37-44;2*1-2/h11-14,17-20,31-33,36-37,45-46H,3-10,15-16,21-30,34-35,38-43H2,1-2H3;2*1-2H3/b13-11-,14-12-,19-17-,20-18-;;. The molecular formula is C52H89NO4. The summed E-state index contributed by atoms with van der Waals surface area (Å²) in [5.41, 5.74) is 0.998. The zero-order valence-electron chi connectivity index (χ0n) is 38.0. The predicted octanol–water partition coefficient (Wildman–Crippen LogP) is 16.2. The summed E-state index contributed by atoms with van der Waals surface area (Å²) >= 11 is 0. The van der Waals surface area contributed by atoms with Crippen LogP contribution in [0.3, 0.4) is 0 Å². The second kappa shape index (κ2) is 37.6. The van der Waals surface area contributed by atoms with Gasteiger partial charge in [-0.25, -0.2) is 4.79 Å². The largest absolute Gasteiger partial charge is 0.445 e. The third kappa shape index (κ3) is 26.2. The van der Waals surface area contributed by atoms with Crippen molar-refractivity contribution in [3.8, 4) is 0 Å². The molecule has 1 aromatic rings. The fourth-order valence-electron chi connectivity index (χ4n) is 7.45. The van der Waals surface area contributed by atoms with Gasteiger partial charge in [0.2, 0.25) is 0 Å². The fraction of sp³-hybridized carbons (Fsp3) is 0.712. The molecule has 2 unspecified atom stereocenters. The Hall–Kier alpha value is -2.63. The van der Waals surface area contributed by atoms with Gasteiger partial charge in [0.1, 0.15) is 6.61 Å². The molecule has 0 radical (unpaired) electrons. The summed E-state index contributed by atoms with van der Waals surface area (Å²) in [5, 5.41) is 0. The number of ether oxygens (including phenoxy) is 3. The van der Waals surface area contributed by atoms with E-state index in [9.17, 15) is 4.79 Å². The van der Waals surface area contributed by atoms with E-state index >= 15 is 0 Å². The van der Waals surface area contributed by atoms with Crippen molar-refractivity contribution in [2.75, 3.05) is 13.1 Å². The molecule has 326 valence electrons. The van der Waals surface area contributed by atoms with Crippen LogP contribution in [0.1, 0.15) is 208 Å². The summed E-state index contributed by atoms with van der Waals surface area (Å²) in [6.45, 7) is 13.9. The molecule has 1 spiro atoms. The Labute approximate surface area is 353 Å². The van der Waals surface area contributed by atoms with E-state index in [0.29, 0.717) is 19.5 Å². The molecule has 2 atom stereocenters. The Morgan fingerprint density at radius 3 is 1.49 bits per heavy atom. The average Bonchev–Trinajstić information content (AvgIpc) is 3.83. The highest BCUT2D eigenvalue weighted by atomic mass is 16.8. The SMILES string of the molecule is CC.CC.CCCCC/C=C\C/C=C\CCCCCCCC1OC2(CCN(C(=O)OCc3ccccc3)C2)OC1CCCCCCC/C=C\C/C=C\CCCCC. The summed E-state index contributed by atoms with van der Waals surface area (Å²) in [4.78, 5) is 14.7. The van der Waals surface area contributed by atoms with Crippen molar-refractivity contribution < 1.29 is 19.0 Å². The lowest BCUT2D eigenvalue weighted by atomic mass is 9.99. The van der Waals surface area contributed by atoms with Crippen LogP contribution in [-0.2, 0) is 20.8 Å². The van der Waals surface area contributed by atoms with Crippen molar-refractivity contribution in [3.63, 3.8) is 0 Å². The highest BCUT2D eigenvalue weighted by molar-refractivity contribution is 5.68. The van der Waals surface area contributed by atoms with E-state index in [1.807, 2.05) is 58.0 Å². The van der Waals surface area contributed by atoms with E-state index in [4.69, 9.17) is 14.2 Å². The van der Waals surface area contributed by atoms with Gasteiger partial charge >= 0.3 is 6.09 Å². The Balaban J connectivity index is 0.00000393. The minimum Gasteiger partial charge on any atom is -0.445 e. The van der Waals surface area contributed by atoms with Gasteiger partial charge in [0.25, 0.3) is 0 Å². The molecule has 0 aliphatic carbocycles. The van der Waals surface area contributed by atoms with Crippen LogP contribution in [0, 0.1) is 0 Å². The quantitative estimate of drug-likeness (QED) is 0.0575. The van der Waals surface area contributed by atoms with E-state index in [1.54, 1.807) is 4.90 Å². The summed E-state index contributed by atoms with van der Waals surface area (Å²) < 4.78 is 19.2. The van der Waals surface area contributed by atoms with Crippen molar-refractivity contribution in [2.45, 2.75) is 227 Å². The molecule has 1 aromatic carbocycles. The van der Waals surface area contributed by atoms with Gasteiger partial charge in [0.15, 0.2) is 5.79 Å². The number of carbonyl (C=O) groups is 1. The summed E-state index contributed by atoms with van der Waals surface area (Å²) in [6, 6.07) is 9.88. The normalized spacial score (nSPS) is 19.2. The van der Waals surface area contributed by atoms with Crippen LogP contribution < -0.4 is 0 Å². The Kier molecular flexibility index (Phi) is 34.6. The van der Waals surface area contributed by atoms with Crippen molar-refractivity contribution in [1.29, 1.82) is 0 Å². The highest BCUT2D eigenvalue weighted by Crippen LogP contribution is 2.40. The molecule has 0 N–H and O–H groups in total. The van der Waals surface area contributed by atoms with Crippen molar-refractivity contribution in [3.05, 3.63) is 84.5 Å². The molecule has 5 nitrogen and oxygen atoms in total. The molecule has 2 aliphatic heterocycles. The van der Waals surface area contributed by atoms with Gasteiger partial charge in [-0.15, -0.1) is 0 Å². The van der Waals surface area contributed by atoms with Gasteiger partial charge in [-0.3, -0.25) is 0 Å². The van der Waals surface area contributed by atoms with E-state index in [1.165, 1.54) is 128 Å². The first-order chi connectivity index (χ1) is 28.2. The first-order valence-corrected chi connectivity index (χ1v) is 24.1. The minimum atomic E-state index is -0.685. The molecule has 0 aromatic heterocycles. The molecule has 0 saturated carbocycles. The van der Waals surface area contributed by atoms with Gasteiger partial charge < -0.3 is 19.1 Å². The topological polar surface area (TPSA) is 48.0 Å². The molecule has 2 fully saturated rings. The van der Waals surface area contributed by atoms with Crippen LogP contribution in [0.15, 0.2) is 78.9 Å². The maximum atomic E-state index is 13.0. The minimum absolute atomic E-state index is 0.110. The summed E-state index contributed by atoms with van der Waals surface area (Å²) in [7, 11) is 0. The van der Waals surface area contributed by atoms with Crippen LogP contribution in [0.5, 0.6) is 0 Å². The third-order valence-corrected chi connectivity index (χ3v) is 10.7. The zero-order chi connectivity index (χ0) is 41.5. The van der Waals surface area contributed by atoms with Crippen LogP contribution in [-0.4, -0.2) is 42.1 Å². The first kappa shape index (κ1) is 52.4. The monoisotopic (exact) mass is 792 g/mol. The molecule has 3 rings (SSSR count). The van der Waals surface area contributed by atoms with Crippen molar-refractivity contribution in [2.24, 2.45) is 0 Å². The smallest absolute Gasteiger partial charge is 0.410 e. The molecule has 5 heteroatoms. The predicted molar refractivity (Wildman–Crippen MR) is 247 cm³/mol. The summed E-state index contributed by atoms with van der Waals surface area (Å²) in [6.07, 6.45) is 48.8. The Bertz CT molecular complexity index is 1100. The number of unbranched alkanes of at least 4 members (excludes halogenated alkanes) is 16. The number of allylic oxidation sites excluding steroid dienone is 8. The van der Waals surface area contributed by atoms with E-state index in [2.05, 4.69) is 62.5 Å². The molecule has 0 bridgehead atoms. The summed E-state index contributed by atoms with van der Waals surface area (Å²) in [5.74, 6) is -0.685. The molecule has 2 aliphatic rings. The van der Waals surface area contributed by atoms with E-state index < -0.39 is 5.79 Å². The third-order valence-electron chi connectivity index (χ3n) is 10.7. The van der Waals surface area contributed by atoms with Gasteiger partial charge in [0, 0.05) is 13.0 Å². The lowest BCUT2D eigenvalue weighted by Crippen LogP contribution is -2.37. The highest BCUT2D eigenvalue weighted by Gasteiger charge is 2.52. The van der Waals surface area contributed by atoms with Gasteiger partial charge in [-0.2, -0.15) is 0 Å². The number of rotatable bonds is 30. The second-order valence-electron chi connectivity index (χ2n) is 15.5. The van der Waals surface area contributed by atoms with Gasteiger partial charge in [0.05, 0.1) is 18.8 Å². The number of hydrogen-bond donors (Lipinski definition) is 0. The number of likely N-dealkylation sites (tertiary alicyclic amines) is 1. The maximum absolute atomic E-state index is 13.0. The Morgan fingerprint density at radius 1 is 0.614 bits per heavy atom. The number of nitrogens with zero attached hydrogens (tertiary/aromatic N) is 1. The molecule has 2 saturated heterocycles. The second-order valence-corrected chi connectivity index (χ2v) is 15.5. The van der Waals surface area contributed by atoms with Crippen molar-refractivity contribution >= 4 is 6.09 Å². The number of benzene rings is 1. The van der Waals surface area contributed by atoms with Crippen LogP contribution in [0.25, 0.3) is 0 Å². The number of carbonyl (C=O) groups excluding carboxylic acids is 1. The van der Waals surface area contributed by atoms with Crippen LogP contribution in [0.4, 0.5) is 4.79 Å². The average molecular weight is 792 g/mol. The first-order valence-electron chi connectivity index (χ1n) is 24.1. The lowest BCUT2D eigenvalue weighted by Gasteiger charge is -2.23. The molecule has 2 heterocycles. The molecular weight excluding hydrogens is 703 g/mol. The molecule has 1 amide bonds. The van der Waals surface area contributed by atoms with E-state index in [0.717, 1.165) is 31.2 Å². The van der Waals surface area contributed by atoms with Gasteiger partial charge in [-0.05, 0) is 82.6 Å². The number of hydrogen-bond acceptors (Lipinski definition) is 4. The zero-order valence-corrected chi connectivity index (χ0v) is 38.0. The van der Waals surface area contributed by atoms with Crippen LogP contribution in [0.2, 0.25) is 0 Å². The van der Waals surface area contributed by atoms with Crippen LogP contribution >= 0.6 is 0 Å². The molecule has 57 heavy (non-hydrogen) atoms. The fourth-order valence-corrected chi connectivity index (χ4v) is 7.45. The van der Waals surface area contributed by atoms with E-state index in [-0.39, 0.29) is 24.9 Å².